The van der Waals surface area contributed by atoms with Crippen molar-refractivity contribution in [2.75, 3.05) is 13.1 Å². The van der Waals surface area contributed by atoms with Crippen LogP contribution in [0.3, 0.4) is 0 Å². The second kappa shape index (κ2) is 5.49. The summed E-state index contributed by atoms with van der Waals surface area (Å²) in [7, 11) is -3.84. The molecular formula is C13H16FNO4S. The van der Waals surface area contributed by atoms with Crippen LogP contribution in [0, 0.1) is 18.7 Å². The molecule has 5 nitrogen and oxygen atoms in total. The molecule has 0 bridgehead atoms. The SMILES string of the molecule is Cc1ccc(S(=O)(=O)N2CCC[C@H](C(=O)O)C2)cc1F. The number of carbonyl (C=O) groups is 1. The molecule has 0 amide bonds. The van der Waals surface area contributed by atoms with Crippen molar-refractivity contribution < 1.29 is 22.7 Å². The van der Waals surface area contributed by atoms with Crippen LogP contribution < -0.4 is 0 Å². The van der Waals surface area contributed by atoms with Gasteiger partial charge in [0, 0.05) is 13.1 Å². The van der Waals surface area contributed by atoms with Crippen molar-refractivity contribution in [2.45, 2.75) is 24.7 Å². The van der Waals surface area contributed by atoms with Crippen LogP contribution in [-0.4, -0.2) is 36.9 Å². The summed E-state index contributed by atoms with van der Waals surface area (Å²) in [5.41, 5.74) is 0.367. The lowest BCUT2D eigenvalue weighted by Gasteiger charge is -2.29. The van der Waals surface area contributed by atoms with Crippen LogP contribution >= 0.6 is 0 Å². The van der Waals surface area contributed by atoms with Gasteiger partial charge in [-0.2, -0.15) is 4.31 Å². The van der Waals surface area contributed by atoms with Crippen LogP contribution in [0.4, 0.5) is 4.39 Å². The van der Waals surface area contributed by atoms with E-state index in [2.05, 4.69) is 0 Å². The van der Waals surface area contributed by atoms with Gasteiger partial charge in [0.15, 0.2) is 0 Å². The number of aliphatic carboxylic acids is 1. The molecule has 0 radical (unpaired) electrons. The molecule has 1 fully saturated rings. The first-order valence-electron chi connectivity index (χ1n) is 6.31. The van der Waals surface area contributed by atoms with Gasteiger partial charge >= 0.3 is 5.97 Å². The second-order valence-electron chi connectivity index (χ2n) is 4.95. The van der Waals surface area contributed by atoms with Crippen molar-refractivity contribution in [1.29, 1.82) is 0 Å². The fourth-order valence-electron chi connectivity index (χ4n) is 2.25. The summed E-state index contributed by atoms with van der Waals surface area (Å²) in [5.74, 6) is -2.29. The number of hydrogen-bond acceptors (Lipinski definition) is 3. The summed E-state index contributed by atoms with van der Waals surface area (Å²) in [4.78, 5) is 10.8. The van der Waals surface area contributed by atoms with E-state index in [4.69, 9.17) is 5.11 Å². The van der Waals surface area contributed by atoms with E-state index >= 15 is 0 Å². The van der Waals surface area contributed by atoms with E-state index < -0.39 is 27.7 Å². The monoisotopic (exact) mass is 301 g/mol. The number of benzene rings is 1. The minimum Gasteiger partial charge on any atom is -0.481 e. The first-order chi connectivity index (χ1) is 9.32. The van der Waals surface area contributed by atoms with E-state index in [0.717, 1.165) is 10.4 Å². The summed E-state index contributed by atoms with van der Waals surface area (Å²) in [6.07, 6.45) is 0.953. The van der Waals surface area contributed by atoms with E-state index in [1.54, 1.807) is 6.92 Å². The number of piperidine rings is 1. The Hall–Kier alpha value is -1.47. The molecule has 1 saturated heterocycles. The molecule has 20 heavy (non-hydrogen) atoms. The third kappa shape index (κ3) is 2.83. The minimum atomic E-state index is -3.84. The molecule has 1 aliphatic heterocycles. The Morgan fingerprint density at radius 3 is 2.75 bits per heavy atom. The first-order valence-corrected chi connectivity index (χ1v) is 7.75. The molecular weight excluding hydrogens is 285 g/mol. The summed E-state index contributed by atoms with van der Waals surface area (Å²) >= 11 is 0. The summed E-state index contributed by atoms with van der Waals surface area (Å²) in [6, 6.07) is 3.73. The molecule has 0 spiro atoms. The highest BCUT2D eigenvalue weighted by Gasteiger charge is 2.33. The molecule has 1 aromatic carbocycles. The maximum atomic E-state index is 13.5. The molecule has 0 saturated carbocycles. The van der Waals surface area contributed by atoms with Gasteiger partial charge in [0.25, 0.3) is 0 Å². The molecule has 0 unspecified atom stereocenters. The summed E-state index contributed by atoms with van der Waals surface area (Å²) in [5, 5.41) is 8.99. The number of hydrogen-bond donors (Lipinski definition) is 1. The van der Waals surface area contributed by atoms with Crippen LogP contribution in [0.2, 0.25) is 0 Å². The van der Waals surface area contributed by atoms with Crippen LogP contribution in [0.15, 0.2) is 23.1 Å². The zero-order valence-corrected chi connectivity index (χ0v) is 11.9. The van der Waals surface area contributed by atoms with Gasteiger partial charge < -0.3 is 5.11 Å². The highest BCUT2D eigenvalue weighted by Crippen LogP contribution is 2.24. The van der Waals surface area contributed by atoms with Crippen LogP contribution in [-0.2, 0) is 14.8 Å². The lowest BCUT2D eigenvalue weighted by molar-refractivity contribution is -0.142. The maximum Gasteiger partial charge on any atom is 0.307 e. The lowest BCUT2D eigenvalue weighted by atomic mass is 10.0. The molecule has 1 N–H and O–H groups in total. The van der Waals surface area contributed by atoms with Gasteiger partial charge in [0.05, 0.1) is 10.8 Å². The van der Waals surface area contributed by atoms with E-state index in [0.29, 0.717) is 18.4 Å². The number of aryl methyl sites for hydroxylation is 1. The number of carboxylic acids is 1. The third-order valence-corrected chi connectivity index (χ3v) is 5.38. The smallest absolute Gasteiger partial charge is 0.307 e. The quantitative estimate of drug-likeness (QED) is 0.920. The molecule has 7 heteroatoms. The largest absolute Gasteiger partial charge is 0.481 e. The Kier molecular flexibility index (Phi) is 4.10. The average Bonchev–Trinajstić information content (AvgIpc) is 2.42. The van der Waals surface area contributed by atoms with Crippen molar-refractivity contribution >= 4 is 16.0 Å². The third-order valence-electron chi connectivity index (χ3n) is 3.51. The second-order valence-corrected chi connectivity index (χ2v) is 6.89. The average molecular weight is 301 g/mol. The first kappa shape index (κ1) is 14.9. The van der Waals surface area contributed by atoms with E-state index in [-0.39, 0.29) is 18.0 Å². The number of sulfonamides is 1. The van der Waals surface area contributed by atoms with Gasteiger partial charge in [-0.3, -0.25) is 4.79 Å². The van der Waals surface area contributed by atoms with Crippen molar-refractivity contribution in [2.24, 2.45) is 5.92 Å². The Morgan fingerprint density at radius 2 is 2.15 bits per heavy atom. The molecule has 1 aliphatic rings. The molecule has 1 heterocycles. The van der Waals surface area contributed by atoms with Gasteiger partial charge in [0.2, 0.25) is 10.0 Å². The lowest BCUT2D eigenvalue weighted by Crippen LogP contribution is -2.42. The molecule has 0 aliphatic carbocycles. The zero-order valence-electron chi connectivity index (χ0n) is 11.0. The predicted octanol–water partition coefficient (Wildman–Crippen LogP) is 1.62. The normalized spacial score (nSPS) is 20.8. The number of rotatable bonds is 3. The van der Waals surface area contributed by atoms with Crippen molar-refractivity contribution in [1.82, 2.24) is 4.31 Å². The Balaban J connectivity index is 2.29. The van der Waals surface area contributed by atoms with E-state index in [9.17, 15) is 17.6 Å². The fraction of sp³-hybridized carbons (Fsp3) is 0.462. The topological polar surface area (TPSA) is 74.7 Å². The summed E-state index contributed by atoms with van der Waals surface area (Å²) < 4.78 is 39.4. The van der Waals surface area contributed by atoms with E-state index in [1.165, 1.54) is 12.1 Å². The fourth-order valence-corrected chi connectivity index (χ4v) is 3.78. The predicted molar refractivity (Wildman–Crippen MR) is 70.3 cm³/mol. The zero-order chi connectivity index (χ0) is 14.9. The van der Waals surface area contributed by atoms with Gasteiger partial charge in [0.1, 0.15) is 5.82 Å². The van der Waals surface area contributed by atoms with E-state index in [1.807, 2.05) is 0 Å². The van der Waals surface area contributed by atoms with Crippen molar-refractivity contribution in [3.63, 3.8) is 0 Å². The molecule has 0 aromatic heterocycles. The standard InChI is InChI=1S/C13H16FNO4S/c1-9-4-5-11(7-12(9)14)20(18,19)15-6-2-3-10(8-15)13(16)17/h4-5,7,10H,2-3,6,8H2,1H3,(H,16,17)/t10-/m0/s1. The Labute approximate surface area is 117 Å². The highest BCUT2D eigenvalue weighted by atomic mass is 32.2. The van der Waals surface area contributed by atoms with Crippen LogP contribution in [0.25, 0.3) is 0 Å². The van der Waals surface area contributed by atoms with Crippen molar-refractivity contribution in [3.05, 3.63) is 29.6 Å². The molecule has 2 rings (SSSR count). The van der Waals surface area contributed by atoms with Crippen molar-refractivity contribution in [3.8, 4) is 0 Å². The number of halogens is 1. The Morgan fingerprint density at radius 1 is 1.45 bits per heavy atom. The maximum absolute atomic E-state index is 13.5. The number of carboxylic acid groups (broad SMARTS) is 1. The van der Waals surface area contributed by atoms with Gasteiger partial charge in [-0.25, -0.2) is 12.8 Å². The van der Waals surface area contributed by atoms with Gasteiger partial charge in [-0.1, -0.05) is 6.07 Å². The number of nitrogens with zero attached hydrogens (tertiary/aromatic N) is 1. The minimum absolute atomic E-state index is 0.0623. The molecule has 110 valence electrons. The summed E-state index contributed by atoms with van der Waals surface area (Å²) in [6.45, 7) is 1.75. The van der Waals surface area contributed by atoms with Gasteiger partial charge in [-0.15, -0.1) is 0 Å². The Bertz CT molecular complexity index is 629. The highest BCUT2D eigenvalue weighted by molar-refractivity contribution is 7.89. The molecule has 1 atom stereocenters. The van der Waals surface area contributed by atoms with Crippen LogP contribution in [0.1, 0.15) is 18.4 Å². The van der Waals surface area contributed by atoms with Gasteiger partial charge in [-0.05, 0) is 37.5 Å². The van der Waals surface area contributed by atoms with Crippen LogP contribution in [0.5, 0.6) is 0 Å². The molecule has 1 aromatic rings.